The van der Waals surface area contributed by atoms with Gasteiger partial charge in [0.05, 0.1) is 29.7 Å². The van der Waals surface area contributed by atoms with Gasteiger partial charge in [0.25, 0.3) is 5.54 Å². The van der Waals surface area contributed by atoms with Crippen molar-refractivity contribution in [1.82, 2.24) is 4.90 Å². The van der Waals surface area contributed by atoms with Crippen LogP contribution >= 0.6 is 0 Å². The molecular weight excluding hydrogens is 635 g/mol. The van der Waals surface area contributed by atoms with Gasteiger partial charge in [0.1, 0.15) is 0 Å². The zero-order chi connectivity index (χ0) is 38.3. The van der Waals surface area contributed by atoms with Crippen molar-refractivity contribution < 1.29 is 0 Å². The molecule has 0 aromatic heterocycles. The molecule has 5 rings (SSSR count). The molecule has 1 fully saturated rings. The van der Waals surface area contributed by atoms with E-state index in [1.165, 1.54) is 53.6 Å². The number of nitriles is 2. The van der Waals surface area contributed by atoms with Crippen LogP contribution < -0.4 is 0 Å². The highest BCUT2D eigenvalue weighted by molar-refractivity contribution is 5.47. The van der Waals surface area contributed by atoms with Crippen molar-refractivity contribution in [2.75, 3.05) is 13.1 Å². The quantitative estimate of drug-likeness (QED) is 0.173. The van der Waals surface area contributed by atoms with Crippen LogP contribution in [0.5, 0.6) is 0 Å². The smallest absolute Gasteiger partial charge is 0.252 e. The molecule has 1 aliphatic rings. The van der Waals surface area contributed by atoms with E-state index in [1.807, 2.05) is 58.0 Å². The molecule has 0 saturated carbocycles. The predicted molar refractivity (Wildman–Crippen MR) is 215 cm³/mol. The van der Waals surface area contributed by atoms with E-state index >= 15 is 0 Å². The minimum atomic E-state index is -0.536. The van der Waals surface area contributed by atoms with E-state index in [1.54, 1.807) is 0 Å². The first-order valence-corrected chi connectivity index (χ1v) is 18.6. The van der Waals surface area contributed by atoms with Crippen molar-refractivity contribution in [3.05, 3.63) is 158 Å². The molecule has 4 aromatic carbocycles. The molecule has 0 N–H and O–H groups in total. The lowest BCUT2D eigenvalue weighted by molar-refractivity contribution is 0.157. The maximum Gasteiger partial charge on any atom is 0.252 e. The number of hydrogen-bond donors (Lipinski definition) is 0. The van der Waals surface area contributed by atoms with E-state index in [0.29, 0.717) is 17.6 Å². The molecule has 1 heterocycles. The van der Waals surface area contributed by atoms with Gasteiger partial charge in [-0.3, -0.25) is 4.90 Å². The standard InChI is InChI=1S/C17H17N.C16H20N2.C14H18N2/c1-4-17(14-7-5-13(2)6-8-14)15-9-11-16(18-3)12-10-15;1-7-12-8-13(15(2,3)11-17)10-14(9-12)16(4,5)18-6;1-2-16-10-4-3-5-14(16)13-8-6-12(11-15)7-9-13/h5-12,17H,4H2,1-2H3;8-10H,7H2,1-5H3;6-9,14H,2-5,10H2,1H3. The van der Waals surface area contributed by atoms with Crippen LogP contribution in [0.3, 0.4) is 0 Å². The molecule has 0 spiro atoms. The highest BCUT2D eigenvalue weighted by Crippen LogP contribution is 2.33. The van der Waals surface area contributed by atoms with Gasteiger partial charge in [0.2, 0.25) is 0 Å². The Hall–Kier alpha value is -5.20. The van der Waals surface area contributed by atoms with Crippen LogP contribution in [0.1, 0.15) is 131 Å². The van der Waals surface area contributed by atoms with Crippen molar-refractivity contribution >= 4 is 5.69 Å². The number of benzene rings is 4. The highest BCUT2D eigenvalue weighted by Gasteiger charge is 2.29. The highest BCUT2D eigenvalue weighted by atomic mass is 15.2. The zero-order valence-electron chi connectivity index (χ0n) is 32.5. The topological polar surface area (TPSA) is 59.5 Å². The monoisotopic (exact) mass is 689 g/mol. The Morgan fingerprint density at radius 1 is 0.808 bits per heavy atom. The average molecular weight is 690 g/mol. The normalized spacial score (nSPS) is 14.8. The minimum Gasteiger partial charge on any atom is -0.306 e. The Morgan fingerprint density at radius 2 is 1.40 bits per heavy atom. The third kappa shape index (κ3) is 11.1. The van der Waals surface area contributed by atoms with Gasteiger partial charge in [0.15, 0.2) is 5.69 Å². The number of rotatable bonds is 8. The third-order valence-electron chi connectivity index (χ3n) is 10.1. The number of aryl methyl sites for hydroxylation is 2. The van der Waals surface area contributed by atoms with Gasteiger partial charge in [0, 0.05) is 31.4 Å². The van der Waals surface area contributed by atoms with Crippen molar-refractivity contribution in [3.63, 3.8) is 0 Å². The summed E-state index contributed by atoms with van der Waals surface area (Å²) in [7, 11) is 0. The summed E-state index contributed by atoms with van der Waals surface area (Å²) in [5.41, 5.74) is 8.86. The molecule has 0 amide bonds. The zero-order valence-corrected chi connectivity index (χ0v) is 32.5. The first-order valence-electron chi connectivity index (χ1n) is 18.6. The second-order valence-electron chi connectivity index (χ2n) is 14.6. The van der Waals surface area contributed by atoms with Crippen molar-refractivity contribution in [2.24, 2.45) is 0 Å². The molecule has 52 heavy (non-hydrogen) atoms. The second kappa shape index (κ2) is 19.4. The molecule has 1 aliphatic heterocycles. The summed E-state index contributed by atoms with van der Waals surface area (Å²) in [5, 5.41) is 18.0. The summed E-state index contributed by atoms with van der Waals surface area (Å²) in [5.74, 6) is 0.422. The molecular formula is C47H55N5. The van der Waals surface area contributed by atoms with E-state index < -0.39 is 11.0 Å². The Morgan fingerprint density at radius 3 is 1.90 bits per heavy atom. The molecule has 5 nitrogen and oxygen atoms in total. The Bertz CT molecular complexity index is 1850. The Labute approximate surface area is 314 Å². The first kappa shape index (κ1) is 41.2. The molecule has 268 valence electrons. The summed E-state index contributed by atoms with van der Waals surface area (Å²) in [6.07, 6.45) is 5.87. The molecule has 1 saturated heterocycles. The van der Waals surface area contributed by atoms with E-state index in [-0.39, 0.29) is 0 Å². The van der Waals surface area contributed by atoms with Crippen LogP contribution in [0.25, 0.3) is 9.69 Å². The molecule has 2 atom stereocenters. The van der Waals surface area contributed by atoms with Gasteiger partial charge < -0.3 is 4.85 Å². The molecule has 4 aromatic rings. The maximum absolute atomic E-state index is 9.25. The Balaban J connectivity index is 0.000000211. The summed E-state index contributed by atoms with van der Waals surface area (Å²) < 4.78 is 0. The fourth-order valence-electron chi connectivity index (χ4n) is 6.51. The van der Waals surface area contributed by atoms with E-state index in [4.69, 9.17) is 18.4 Å². The largest absolute Gasteiger partial charge is 0.306 e. The minimum absolute atomic E-state index is 0.422. The van der Waals surface area contributed by atoms with Gasteiger partial charge >= 0.3 is 0 Å². The number of hydrogen-bond acceptors (Lipinski definition) is 3. The fraction of sp³-hybridized carbons (Fsp3) is 0.404. The number of likely N-dealkylation sites (tertiary alicyclic amines) is 1. The molecule has 5 heteroatoms. The van der Waals surface area contributed by atoms with Gasteiger partial charge in [-0.15, -0.1) is 0 Å². The van der Waals surface area contributed by atoms with Crippen LogP contribution in [0.2, 0.25) is 0 Å². The van der Waals surface area contributed by atoms with E-state index in [2.05, 4.69) is 115 Å². The van der Waals surface area contributed by atoms with Crippen LogP contribution in [0.4, 0.5) is 5.69 Å². The summed E-state index contributed by atoms with van der Waals surface area (Å²) in [6, 6.07) is 36.0. The molecule has 2 unspecified atom stereocenters. The lowest BCUT2D eigenvalue weighted by Gasteiger charge is -2.35. The van der Waals surface area contributed by atoms with Crippen LogP contribution in [0.15, 0.2) is 91.0 Å². The number of piperidine rings is 1. The van der Waals surface area contributed by atoms with Crippen LogP contribution in [-0.4, -0.2) is 18.0 Å². The van der Waals surface area contributed by atoms with Crippen LogP contribution in [-0.2, 0) is 17.4 Å². The predicted octanol–water partition coefficient (Wildman–Crippen LogP) is 12.4. The summed E-state index contributed by atoms with van der Waals surface area (Å²) >= 11 is 0. The lowest BCUT2D eigenvalue weighted by atomic mass is 9.81. The summed E-state index contributed by atoms with van der Waals surface area (Å²) in [6.45, 7) is 32.9. The maximum atomic E-state index is 9.25. The van der Waals surface area contributed by atoms with Gasteiger partial charge in [-0.1, -0.05) is 99.5 Å². The summed E-state index contributed by atoms with van der Waals surface area (Å²) in [4.78, 5) is 9.65. The second-order valence-corrected chi connectivity index (χ2v) is 14.6. The van der Waals surface area contributed by atoms with Gasteiger partial charge in [-0.05, 0) is 112 Å². The Kier molecular flexibility index (Phi) is 15.4. The lowest BCUT2D eigenvalue weighted by Crippen LogP contribution is -2.33. The van der Waals surface area contributed by atoms with E-state index in [0.717, 1.165) is 36.1 Å². The first-order chi connectivity index (χ1) is 24.9. The van der Waals surface area contributed by atoms with E-state index in [9.17, 15) is 5.26 Å². The van der Waals surface area contributed by atoms with Gasteiger partial charge in [-0.25, -0.2) is 11.4 Å². The SMILES string of the molecule is CCN1CCCCC1c1ccc(C#N)cc1.[C-]#[N+]C(C)(C)c1cc(CC)cc(C(C)(C)C#N)c1.[C-]#[N+]c1ccc(C(CC)c2ccc(C)cc2)cc1. The molecule has 0 radical (unpaired) electrons. The van der Waals surface area contributed by atoms with Crippen molar-refractivity contribution in [3.8, 4) is 12.1 Å². The van der Waals surface area contributed by atoms with Crippen molar-refractivity contribution in [1.29, 1.82) is 10.5 Å². The fourth-order valence-corrected chi connectivity index (χ4v) is 6.51. The number of nitrogens with zero attached hydrogens (tertiary/aromatic N) is 5. The molecule has 0 bridgehead atoms. The van der Waals surface area contributed by atoms with Gasteiger partial charge in [-0.2, -0.15) is 10.5 Å². The third-order valence-corrected chi connectivity index (χ3v) is 10.1. The van der Waals surface area contributed by atoms with Crippen molar-refractivity contribution in [2.45, 2.75) is 110 Å². The van der Waals surface area contributed by atoms with Crippen LogP contribution in [0, 0.1) is 42.7 Å². The average Bonchev–Trinajstić information content (AvgIpc) is 3.19. The molecule has 0 aliphatic carbocycles.